The Kier molecular flexibility index (Phi) is 7.85. The smallest absolute Gasteiger partial charge is 0.327 e. The third-order valence-electron chi connectivity index (χ3n) is 1.62. The van der Waals surface area contributed by atoms with Gasteiger partial charge in [0.05, 0.1) is 13.2 Å². The third-order valence-corrected chi connectivity index (χ3v) is 1.62. The molecule has 0 saturated carbocycles. The van der Waals surface area contributed by atoms with Crippen LogP contribution in [-0.4, -0.2) is 50.0 Å². The van der Waals surface area contributed by atoms with E-state index in [2.05, 4.69) is 11.2 Å². The molecule has 0 aromatic carbocycles. The fraction of sp³-hybridized carbons (Fsp3) is 0.600. The van der Waals surface area contributed by atoms with Crippen molar-refractivity contribution in [1.82, 2.24) is 5.32 Å². The molecule has 16 heavy (non-hydrogen) atoms. The molecule has 0 fully saturated rings. The molecule has 0 radical (unpaired) electrons. The second-order valence-electron chi connectivity index (χ2n) is 2.91. The number of hydrogen-bond acceptors (Lipinski definition) is 4. The molecule has 0 aliphatic carbocycles. The van der Waals surface area contributed by atoms with Gasteiger partial charge in [-0.15, -0.1) is 12.3 Å². The number of terminal acetylenes is 1. The van der Waals surface area contributed by atoms with Gasteiger partial charge in [-0.3, -0.25) is 4.79 Å². The summed E-state index contributed by atoms with van der Waals surface area (Å²) in [6.45, 7) is 0.439. The number of methoxy groups -OCH3 is 1. The Balaban J connectivity index is 3.83. The molecule has 0 spiro atoms. The Morgan fingerprint density at radius 1 is 1.50 bits per heavy atom. The second-order valence-corrected chi connectivity index (χ2v) is 2.91. The van der Waals surface area contributed by atoms with Gasteiger partial charge in [0.15, 0.2) is 0 Å². The zero-order valence-corrected chi connectivity index (χ0v) is 9.06. The highest BCUT2D eigenvalue weighted by molar-refractivity contribution is 5.84. The maximum absolute atomic E-state index is 11.2. The van der Waals surface area contributed by atoms with Crippen molar-refractivity contribution in [3.05, 3.63) is 0 Å². The molecule has 0 aliphatic heterocycles. The number of ether oxygens (including phenoxy) is 2. The van der Waals surface area contributed by atoms with E-state index in [-0.39, 0.29) is 19.6 Å². The summed E-state index contributed by atoms with van der Waals surface area (Å²) in [5.41, 5.74) is 0. The molecule has 0 aromatic heterocycles. The lowest BCUT2D eigenvalue weighted by Crippen LogP contribution is -2.42. The molecule has 1 atom stereocenters. The first-order chi connectivity index (χ1) is 7.61. The van der Waals surface area contributed by atoms with E-state index >= 15 is 0 Å². The molecule has 0 unspecified atom stereocenters. The van der Waals surface area contributed by atoms with Crippen LogP contribution in [0.3, 0.4) is 0 Å². The molecule has 6 heteroatoms. The predicted molar refractivity (Wildman–Crippen MR) is 55.7 cm³/mol. The Morgan fingerprint density at radius 3 is 2.69 bits per heavy atom. The van der Waals surface area contributed by atoms with Crippen molar-refractivity contribution in [2.75, 3.05) is 26.9 Å². The molecule has 2 N–H and O–H groups in total. The summed E-state index contributed by atoms with van der Waals surface area (Å²) < 4.78 is 9.62. The van der Waals surface area contributed by atoms with Crippen molar-refractivity contribution in [2.45, 2.75) is 12.5 Å². The van der Waals surface area contributed by atoms with Crippen molar-refractivity contribution in [1.29, 1.82) is 0 Å². The van der Waals surface area contributed by atoms with E-state index in [1.54, 1.807) is 0 Å². The van der Waals surface area contributed by atoms with Crippen LogP contribution in [0.15, 0.2) is 0 Å². The fourth-order valence-corrected chi connectivity index (χ4v) is 0.861. The minimum absolute atomic E-state index is 0.0564. The van der Waals surface area contributed by atoms with Crippen molar-refractivity contribution in [2.24, 2.45) is 0 Å². The molecule has 0 bridgehead atoms. The van der Waals surface area contributed by atoms with Crippen LogP contribution in [0.2, 0.25) is 0 Å². The standard InChI is InChI=1S/C10H15NO5/c1-3-4-8(10(13)14)11-9(12)7-16-6-5-15-2/h1,8H,4-7H2,2H3,(H,11,12)(H,13,14)/t8-/m0/s1. The SMILES string of the molecule is C#CC[C@H](NC(=O)COCCOC)C(=O)O. The Morgan fingerprint density at radius 2 is 2.19 bits per heavy atom. The number of carboxylic acids is 1. The molecule has 90 valence electrons. The second kappa shape index (κ2) is 8.71. The van der Waals surface area contributed by atoms with Gasteiger partial charge in [-0.1, -0.05) is 0 Å². The Bertz CT molecular complexity index is 271. The highest BCUT2D eigenvalue weighted by Crippen LogP contribution is 1.91. The number of aliphatic carboxylic acids is 1. The summed E-state index contributed by atoms with van der Waals surface area (Å²) in [4.78, 5) is 21.8. The van der Waals surface area contributed by atoms with Crippen molar-refractivity contribution in [3.63, 3.8) is 0 Å². The average molecular weight is 229 g/mol. The lowest BCUT2D eigenvalue weighted by Gasteiger charge is -2.11. The number of rotatable bonds is 8. The summed E-state index contributed by atoms with van der Waals surface area (Å²) in [6, 6.07) is -1.07. The lowest BCUT2D eigenvalue weighted by molar-refractivity contribution is -0.142. The zero-order chi connectivity index (χ0) is 12.4. The van der Waals surface area contributed by atoms with Gasteiger partial charge in [0.25, 0.3) is 0 Å². The van der Waals surface area contributed by atoms with Crippen molar-refractivity contribution in [3.8, 4) is 12.3 Å². The third kappa shape index (κ3) is 6.81. The molecule has 0 aliphatic rings. The van der Waals surface area contributed by atoms with Crippen LogP contribution < -0.4 is 5.32 Å². The molecule has 0 rings (SSSR count). The fourth-order valence-electron chi connectivity index (χ4n) is 0.861. The number of carbonyl (C=O) groups is 2. The number of carboxylic acid groups (broad SMARTS) is 1. The molecule has 0 heterocycles. The van der Waals surface area contributed by atoms with E-state index in [0.29, 0.717) is 6.61 Å². The van der Waals surface area contributed by atoms with E-state index in [1.807, 2.05) is 0 Å². The maximum Gasteiger partial charge on any atom is 0.327 e. The summed E-state index contributed by atoms with van der Waals surface area (Å²) in [6.07, 6.45) is 4.91. The topological polar surface area (TPSA) is 84.9 Å². The van der Waals surface area contributed by atoms with Gasteiger partial charge in [0, 0.05) is 13.5 Å². The van der Waals surface area contributed by atoms with Crippen LogP contribution in [0, 0.1) is 12.3 Å². The quantitative estimate of drug-likeness (QED) is 0.422. The van der Waals surface area contributed by atoms with Crippen molar-refractivity contribution >= 4 is 11.9 Å². The summed E-state index contributed by atoms with van der Waals surface area (Å²) in [7, 11) is 1.51. The lowest BCUT2D eigenvalue weighted by atomic mass is 10.2. The highest BCUT2D eigenvalue weighted by atomic mass is 16.5. The van der Waals surface area contributed by atoms with Gasteiger partial charge in [-0.25, -0.2) is 4.79 Å². The number of amides is 1. The molecular formula is C10H15NO5. The van der Waals surface area contributed by atoms with Crippen molar-refractivity contribution < 1.29 is 24.2 Å². The van der Waals surface area contributed by atoms with Crippen LogP contribution in [-0.2, 0) is 19.1 Å². The molecular weight excluding hydrogens is 214 g/mol. The first kappa shape index (κ1) is 14.4. The average Bonchev–Trinajstić information content (AvgIpc) is 2.23. The van der Waals surface area contributed by atoms with Crippen LogP contribution in [0.25, 0.3) is 0 Å². The first-order valence-corrected chi connectivity index (χ1v) is 4.64. The number of hydrogen-bond donors (Lipinski definition) is 2. The predicted octanol–water partition coefficient (Wildman–Crippen LogP) is -0.758. The summed E-state index contributed by atoms with van der Waals surface area (Å²) in [5.74, 6) is 0.496. The van der Waals surface area contributed by atoms with Gasteiger partial charge in [-0.05, 0) is 0 Å². The van der Waals surface area contributed by atoms with Crippen LogP contribution in [0.5, 0.6) is 0 Å². The first-order valence-electron chi connectivity index (χ1n) is 4.64. The summed E-state index contributed by atoms with van der Waals surface area (Å²) in [5, 5.41) is 10.9. The Hall–Kier alpha value is -1.58. The minimum Gasteiger partial charge on any atom is -0.480 e. The van der Waals surface area contributed by atoms with E-state index in [4.69, 9.17) is 21.0 Å². The van der Waals surface area contributed by atoms with E-state index in [9.17, 15) is 9.59 Å². The molecule has 6 nitrogen and oxygen atoms in total. The molecule has 1 amide bonds. The normalized spacial score (nSPS) is 11.5. The van der Waals surface area contributed by atoms with Crippen LogP contribution >= 0.6 is 0 Å². The van der Waals surface area contributed by atoms with Gasteiger partial charge in [0.2, 0.25) is 5.91 Å². The summed E-state index contributed by atoms with van der Waals surface area (Å²) >= 11 is 0. The minimum atomic E-state index is -1.16. The van der Waals surface area contributed by atoms with Gasteiger partial charge in [0.1, 0.15) is 12.6 Å². The van der Waals surface area contributed by atoms with E-state index in [1.165, 1.54) is 7.11 Å². The van der Waals surface area contributed by atoms with Gasteiger partial charge in [-0.2, -0.15) is 0 Å². The monoisotopic (exact) mass is 229 g/mol. The number of nitrogens with one attached hydrogen (secondary N) is 1. The van der Waals surface area contributed by atoms with E-state index in [0.717, 1.165) is 0 Å². The molecule has 0 aromatic rings. The van der Waals surface area contributed by atoms with Gasteiger partial charge < -0.3 is 19.9 Å². The number of carbonyl (C=O) groups excluding carboxylic acids is 1. The molecule has 0 saturated heterocycles. The Labute approximate surface area is 93.9 Å². The van der Waals surface area contributed by atoms with Crippen LogP contribution in [0.1, 0.15) is 6.42 Å². The highest BCUT2D eigenvalue weighted by Gasteiger charge is 2.18. The van der Waals surface area contributed by atoms with Crippen LogP contribution in [0.4, 0.5) is 0 Å². The largest absolute Gasteiger partial charge is 0.480 e. The van der Waals surface area contributed by atoms with Gasteiger partial charge >= 0.3 is 5.97 Å². The zero-order valence-electron chi connectivity index (χ0n) is 9.06. The maximum atomic E-state index is 11.2. The van der Waals surface area contributed by atoms with E-state index < -0.39 is 17.9 Å².